The molecule has 1 N–H and O–H groups in total. The molecule has 0 saturated carbocycles. The van der Waals surface area contributed by atoms with E-state index in [2.05, 4.69) is 6.58 Å². The molecule has 0 fully saturated rings. The summed E-state index contributed by atoms with van der Waals surface area (Å²) < 4.78 is 15.5. The van der Waals surface area contributed by atoms with E-state index in [-0.39, 0.29) is 12.9 Å². The van der Waals surface area contributed by atoms with Gasteiger partial charge < -0.3 is 19.3 Å². The second-order valence-electron chi connectivity index (χ2n) is 3.75. The largest absolute Gasteiger partial charge is 0.382 e. The average molecular weight is 228 g/mol. The first-order chi connectivity index (χ1) is 7.73. The van der Waals surface area contributed by atoms with Crippen molar-refractivity contribution in [3.05, 3.63) is 24.8 Å². The molecule has 2 atom stereocenters. The minimum Gasteiger partial charge on any atom is -0.382 e. The van der Waals surface area contributed by atoms with Gasteiger partial charge in [0, 0.05) is 7.11 Å². The fourth-order valence-corrected chi connectivity index (χ4v) is 1.61. The Labute approximate surface area is 96.5 Å². The highest BCUT2D eigenvalue weighted by Gasteiger charge is 2.33. The highest BCUT2D eigenvalue weighted by molar-refractivity contribution is 5.18. The monoisotopic (exact) mass is 228 g/mol. The number of methoxy groups -OCH3 is 1. The lowest BCUT2D eigenvalue weighted by atomic mass is 9.88. The summed E-state index contributed by atoms with van der Waals surface area (Å²) in [6.45, 7) is 4.82. The maximum Gasteiger partial charge on any atom is 0.147 e. The van der Waals surface area contributed by atoms with Gasteiger partial charge in [-0.25, -0.2) is 0 Å². The molecule has 92 valence electrons. The molecule has 1 rings (SSSR count). The van der Waals surface area contributed by atoms with Crippen LogP contribution in [0.1, 0.15) is 12.8 Å². The Kier molecular flexibility index (Phi) is 5.69. The first-order valence-electron chi connectivity index (χ1n) is 5.45. The third-order valence-corrected chi connectivity index (χ3v) is 2.61. The lowest BCUT2D eigenvalue weighted by Crippen LogP contribution is -2.42. The molecule has 1 aliphatic carbocycles. The molecule has 0 amide bonds. The molecule has 4 nitrogen and oxygen atoms in total. The predicted octanol–water partition coefficient (Wildman–Crippen LogP) is 1.26. The highest BCUT2D eigenvalue weighted by Crippen LogP contribution is 2.26. The van der Waals surface area contributed by atoms with Crippen LogP contribution in [-0.4, -0.2) is 43.9 Å². The van der Waals surface area contributed by atoms with Gasteiger partial charge in [0.15, 0.2) is 0 Å². The van der Waals surface area contributed by atoms with Crippen LogP contribution in [0.25, 0.3) is 0 Å². The van der Waals surface area contributed by atoms with Gasteiger partial charge in [-0.05, 0) is 12.8 Å². The van der Waals surface area contributed by atoms with E-state index in [0.29, 0.717) is 13.2 Å². The molecule has 0 spiro atoms. The van der Waals surface area contributed by atoms with Crippen LogP contribution in [-0.2, 0) is 14.2 Å². The highest BCUT2D eigenvalue weighted by atomic mass is 16.7. The second-order valence-corrected chi connectivity index (χ2v) is 3.75. The molecule has 0 aromatic rings. The van der Waals surface area contributed by atoms with E-state index in [1.807, 2.05) is 6.08 Å². The van der Waals surface area contributed by atoms with Crippen molar-refractivity contribution in [1.82, 2.24) is 0 Å². The average Bonchev–Trinajstić information content (AvgIpc) is 2.31. The fraction of sp³-hybridized carbons (Fsp3) is 0.667. The molecule has 0 radical (unpaired) electrons. The molecule has 0 aromatic heterocycles. The summed E-state index contributed by atoms with van der Waals surface area (Å²) in [5.74, 6) is 0. The Morgan fingerprint density at radius 2 is 2.38 bits per heavy atom. The number of hydrogen-bond acceptors (Lipinski definition) is 4. The summed E-state index contributed by atoms with van der Waals surface area (Å²) >= 11 is 0. The standard InChI is InChI=1S/C12H20O4/c1-3-12(13)7-5-4-6-11(12)16-10-15-9-8-14-2/h3,5,7,11,13H,1,4,6,8-10H2,2H3/t11-,12+/m1/s1. The predicted molar refractivity (Wildman–Crippen MR) is 61.1 cm³/mol. The number of ether oxygens (including phenoxy) is 3. The van der Waals surface area contributed by atoms with Crippen LogP contribution >= 0.6 is 0 Å². The summed E-state index contributed by atoms with van der Waals surface area (Å²) in [7, 11) is 1.62. The Morgan fingerprint density at radius 3 is 3.06 bits per heavy atom. The fourth-order valence-electron chi connectivity index (χ4n) is 1.61. The zero-order chi connectivity index (χ0) is 11.9. The van der Waals surface area contributed by atoms with Gasteiger partial charge >= 0.3 is 0 Å². The maximum atomic E-state index is 10.1. The Balaban J connectivity index is 2.29. The van der Waals surface area contributed by atoms with E-state index >= 15 is 0 Å². The van der Waals surface area contributed by atoms with Crippen LogP contribution in [0.15, 0.2) is 24.8 Å². The summed E-state index contributed by atoms with van der Waals surface area (Å²) in [5, 5.41) is 10.1. The Bertz CT molecular complexity index is 239. The van der Waals surface area contributed by atoms with Crippen molar-refractivity contribution in [2.75, 3.05) is 27.1 Å². The van der Waals surface area contributed by atoms with Crippen molar-refractivity contribution in [1.29, 1.82) is 0 Å². The van der Waals surface area contributed by atoms with Crippen molar-refractivity contribution >= 4 is 0 Å². The SMILES string of the molecule is C=C[C@]1(O)C=CCC[C@H]1OCOCCOC. The number of allylic oxidation sites excluding steroid dienone is 1. The van der Waals surface area contributed by atoms with Crippen molar-refractivity contribution < 1.29 is 19.3 Å². The van der Waals surface area contributed by atoms with E-state index in [4.69, 9.17) is 14.2 Å². The Hall–Kier alpha value is -0.680. The smallest absolute Gasteiger partial charge is 0.147 e. The van der Waals surface area contributed by atoms with Crippen LogP contribution in [0.3, 0.4) is 0 Å². The molecule has 0 saturated heterocycles. The summed E-state index contributed by atoms with van der Waals surface area (Å²) in [6.07, 6.45) is 6.56. The van der Waals surface area contributed by atoms with Gasteiger partial charge in [-0.2, -0.15) is 0 Å². The van der Waals surface area contributed by atoms with Crippen LogP contribution in [0.2, 0.25) is 0 Å². The summed E-state index contributed by atoms with van der Waals surface area (Å²) in [6, 6.07) is 0. The van der Waals surface area contributed by atoms with E-state index in [9.17, 15) is 5.11 Å². The third kappa shape index (κ3) is 3.72. The maximum absolute atomic E-state index is 10.1. The normalized spacial score (nSPS) is 29.2. The zero-order valence-electron chi connectivity index (χ0n) is 9.72. The van der Waals surface area contributed by atoms with Crippen molar-refractivity contribution in [3.63, 3.8) is 0 Å². The third-order valence-electron chi connectivity index (χ3n) is 2.61. The van der Waals surface area contributed by atoms with E-state index < -0.39 is 5.60 Å². The van der Waals surface area contributed by atoms with Gasteiger partial charge in [0.2, 0.25) is 0 Å². The molecule has 0 aromatic carbocycles. The van der Waals surface area contributed by atoms with Crippen molar-refractivity contribution in [2.24, 2.45) is 0 Å². The van der Waals surface area contributed by atoms with Crippen LogP contribution in [0, 0.1) is 0 Å². The number of hydrogen-bond donors (Lipinski definition) is 1. The minimum absolute atomic E-state index is 0.165. The molecular formula is C12H20O4. The molecule has 16 heavy (non-hydrogen) atoms. The van der Waals surface area contributed by atoms with E-state index in [1.54, 1.807) is 13.2 Å². The van der Waals surface area contributed by atoms with E-state index in [0.717, 1.165) is 12.8 Å². The molecule has 1 aliphatic rings. The molecular weight excluding hydrogens is 208 g/mol. The topological polar surface area (TPSA) is 47.9 Å². The molecule has 0 bridgehead atoms. The van der Waals surface area contributed by atoms with Crippen LogP contribution in [0.4, 0.5) is 0 Å². The second kappa shape index (κ2) is 6.81. The van der Waals surface area contributed by atoms with Gasteiger partial charge in [0.25, 0.3) is 0 Å². The van der Waals surface area contributed by atoms with Crippen molar-refractivity contribution in [2.45, 2.75) is 24.5 Å². The molecule has 0 aliphatic heterocycles. The van der Waals surface area contributed by atoms with Crippen LogP contribution in [0.5, 0.6) is 0 Å². The van der Waals surface area contributed by atoms with Gasteiger partial charge in [0.05, 0.1) is 19.3 Å². The summed E-state index contributed by atoms with van der Waals surface area (Å²) in [5.41, 5.74) is -1.07. The van der Waals surface area contributed by atoms with Gasteiger partial charge in [-0.1, -0.05) is 24.8 Å². The lowest BCUT2D eigenvalue weighted by Gasteiger charge is -2.33. The zero-order valence-corrected chi connectivity index (χ0v) is 9.72. The molecule has 4 heteroatoms. The van der Waals surface area contributed by atoms with Crippen LogP contribution < -0.4 is 0 Å². The van der Waals surface area contributed by atoms with Gasteiger partial charge in [-0.3, -0.25) is 0 Å². The van der Waals surface area contributed by atoms with Gasteiger partial charge in [-0.15, -0.1) is 0 Å². The number of rotatable bonds is 7. The Morgan fingerprint density at radius 1 is 1.56 bits per heavy atom. The lowest BCUT2D eigenvalue weighted by molar-refractivity contribution is -0.141. The summed E-state index contributed by atoms with van der Waals surface area (Å²) in [4.78, 5) is 0. The molecule has 0 heterocycles. The quantitative estimate of drug-likeness (QED) is 0.405. The molecule has 0 unspecified atom stereocenters. The number of aliphatic hydroxyl groups is 1. The van der Waals surface area contributed by atoms with Gasteiger partial charge in [0.1, 0.15) is 12.4 Å². The minimum atomic E-state index is -1.07. The first-order valence-corrected chi connectivity index (χ1v) is 5.45. The van der Waals surface area contributed by atoms with Crippen molar-refractivity contribution in [3.8, 4) is 0 Å². The van der Waals surface area contributed by atoms with E-state index in [1.165, 1.54) is 6.08 Å². The first kappa shape index (κ1) is 13.4.